The molecule has 96 valence electrons. The van der Waals surface area contributed by atoms with E-state index in [-0.39, 0.29) is 13.2 Å². The number of hydrogen-bond donors (Lipinski definition) is 2. The smallest absolute Gasteiger partial charge is 0.299 e. The molecule has 0 radical (unpaired) electrons. The first-order valence-electron chi connectivity index (χ1n) is 5.05. The van der Waals surface area contributed by atoms with Crippen LogP contribution in [0.2, 0.25) is 0 Å². The van der Waals surface area contributed by atoms with Gasteiger partial charge in [0.25, 0.3) is 10.2 Å². The lowest BCUT2D eigenvalue weighted by Crippen LogP contribution is -2.38. The number of rotatable bonds is 8. The van der Waals surface area contributed by atoms with Crippen molar-refractivity contribution in [3.8, 4) is 0 Å². The summed E-state index contributed by atoms with van der Waals surface area (Å²) in [5.41, 5.74) is 0.882. The molecule has 1 aromatic carbocycles. The molecule has 0 aliphatic heterocycles. The van der Waals surface area contributed by atoms with Crippen molar-refractivity contribution < 1.29 is 18.0 Å². The van der Waals surface area contributed by atoms with E-state index in [0.717, 1.165) is 5.56 Å². The van der Waals surface area contributed by atoms with E-state index >= 15 is 0 Å². The van der Waals surface area contributed by atoms with Crippen LogP contribution in [0.5, 0.6) is 0 Å². The molecule has 0 heterocycles. The Hall–Kier alpha value is -0.990. The molecule has 0 fully saturated rings. The van der Waals surface area contributed by atoms with Crippen molar-refractivity contribution in [1.29, 1.82) is 0 Å². The van der Waals surface area contributed by atoms with E-state index < -0.39 is 10.2 Å². The van der Waals surface area contributed by atoms with Crippen LogP contribution in [0.25, 0.3) is 0 Å². The molecule has 0 aliphatic carbocycles. The van der Waals surface area contributed by atoms with Gasteiger partial charge in [0.2, 0.25) is 0 Å². The summed E-state index contributed by atoms with van der Waals surface area (Å²) in [6.07, 6.45) is 0. The Bertz CT molecular complexity index is 408. The van der Waals surface area contributed by atoms with Crippen LogP contribution in [0.4, 0.5) is 0 Å². The Morgan fingerprint density at radius 2 is 1.94 bits per heavy atom. The van der Waals surface area contributed by atoms with Gasteiger partial charge in [0.15, 0.2) is 0 Å². The number of nitrogens with one attached hydrogen (secondary N) is 2. The summed E-state index contributed by atoms with van der Waals surface area (Å²) < 4.78 is 29.6. The Balaban J connectivity index is 2.26. The Labute approximate surface area is 101 Å². The van der Waals surface area contributed by atoms with Gasteiger partial charge in [-0.3, -0.25) is 4.84 Å². The molecule has 0 spiro atoms. The number of methoxy groups -OCH3 is 1. The second-order valence-corrected chi connectivity index (χ2v) is 4.71. The first kappa shape index (κ1) is 14.1. The monoisotopic (exact) mass is 260 g/mol. The zero-order valence-corrected chi connectivity index (χ0v) is 10.4. The number of benzene rings is 1. The molecule has 0 saturated carbocycles. The third kappa shape index (κ3) is 6.35. The zero-order valence-electron chi connectivity index (χ0n) is 9.55. The van der Waals surface area contributed by atoms with Crippen molar-refractivity contribution in [3.63, 3.8) is 0 Å². The summed E-state index contributed by atoms with van der Waals surface area (Å²) in [7, 11) is -2.13. The molecule has 1 aromatic rings. The highest BCUT2D eigenvalue weighted by molar-refractivity contribution is 7.87. The largest absolute Gasteiger partial charge is 0.383 e. The molecule has 0 atom stereocenters. The molecule has 0 aromatic heterocycles. The molecule has 0 bridgehead atoms. The normalized spacial score (nSPS) is 11.6. The van der Waals surface area contributed by atoms with Crippen molar-refractivity contribution in [2.75, 3.05) is 20.3 Å². The Kier molecular flexibility index (Phi) is 6.09. The van der Waals surface area contributed by atoms with E-state index in [9.17, 15) is 8.42 Å². The van der Waals surface area contributed by atoms with E-state index in [1.165, 1.54) is 7.11 Å². The van der Waals surface area contributed by atoms with Gasteiger partial charge in [0.05, 0.1) is 13.2 Å². The average Bonchev–Trinajstić information content (AvgIpc) is 2.30. The van der Waals surface area contributed by atoms with Crippen molar-refractivity contribution in [1.82, 2.24) is 9.61 Å². The molecule has 7 heteroatoms. The van der Waals surface area contributed by atoms with E-state index in [2.05, 4.69) is 4.72 Å². The van der Waals surface area contributed by atoms with Gasteiger partial charge < -0.3 is 4.74 Å². The van der Waals surface area contributed by atoms with Gasteiger partial charge in [-0.2, -0.15) is 13.1 Å². The fourth-order valence-electron chi connectivity index (χ4n) is 1.07. The molecule has 1 rings (SSSR count). The van der Waals surface area contributed by atoms with Crippen LogP contribution in [-0.4, -0.2) is 28.7 Å². The van der Waals surface area contributed by atoms with Crippen LogP contribution >= 0.6 is 0 Å². The second-order valence-electron chi connectivity index (χ2n) is 3.25. The second kappa shape index (κ2) is 7.36. The fraction of sp³-hybridized carbons (Fsp3) is 0.400. The highest BCUT2D eigenvalue weighted by Gasteiger charge is 2.07. The van der Waals surface area contributed by atoms with Crippen LogP contribution in [0.15, 0.2) is 30.3 Å². The first-order chi connectivity index (χ1) is 8.14. The highest BCUT2D eigenvalue weighted by atomic mass is 32.2. The molecular formula is C10H16N2O4S. The van der Waals surface area contributed by atoms with Gasteiger partial charge in [0, 0.05) is 13.7 Å². The number of hydrogen-bond acceptors (Lipinski definition) is 4. The average molecular weight is 260 g/mol. The quantitative estimate of drug-likeness (QED) is 0.517. The molecule has 17 heavy (non-hydrogen) atoms. The van der Waals surface area contributed by atoms with Crippen molar-refractivity contribution in [2.45, 2.75) is 6.61 Å². The molecule has 0 saturated heterocycles. The SMILES string of the molecule is COCCNS(=O)(=O)NOCc1ccccc1. The minimum absolute atomic E-state index is 0.173. The predicted octanol–water partition coefficient (Wildman–Crippen LogP) is 0.189. The van der Waals surface area contributed by atoms with Gasteiger partial charge in [-0.05, 0) is 5.56 Å². The third-order valence-electron chi connectivity index (χ3n) is 1.85. The summed E-state index contributed by atoms with van der Waals surface area (Å²) in [4.78, 5) is 6.85. The van der Waals surface area contributed by atoms with Gasteiger partial charge in [0.1, 0.15) is 0 Å². The molecule has 2 N–H and O–H groups in total. The lowest BCUT2D eigenvalue weighted by molar-refractivity contribution is 0.0783. The van der Waals surface area contributed by atoms with Gasteiger partial charge in [-0.15, -0.1) is 0 Å². The Morgan fingerprint density at radius 1 is 1.24 bits per heavy atom. The topological polar surface area (TPSA) is 76.7 Å². The van der Waals surface area contributed by atoms with E-state index in [4.69, 9.17) is 9.57 Å². The fourth-order valence-corrected chi connectivity index (χ4v) is 1.70. The van der Waals surface area contributed by atoms with Gasteiger partial charge in [-0.1, -0.05) is 35.2 Å². The summed E-state index contributed by atoms with van der Waals surface area (Å²) in [6, 6.07) is 9.26. The Morgan fingerprint density at radius 3 is 2.59 bits per heavy atom. The predicted molar refractivity (Wildman–Crippen MR) is 63.2 cm³/mol. The maximum atomic E-state index is 11.3. The van der Waals surface area contributed by atoms with Crippen LogP contribution < -0.4 is 9.61 Å². The van der Waals surface area contributed by atoms with Crippen LogP contribution in [0.1, 0.15) is 5.56 Å². The minimum Gasteiger partial charge on any atom is -0.383 e. The van der Waals surface area contributed by atoms with E-state index in [0.29, 0.717) is 6.61 Å². The summed E-state index contributed by atoms with van der Waals surface area (Å²) in [6.45, 7) is 0.673. The zero-order chi connectivity index (χ0) is 12.6. The maximum absolute atomic E-state index is 11.3. The van der Waals surface area contributed by atoms with Crippen molar-refractivity contribution in [3.05, 3.63) is 35.9 Å². The maximum Gasteiger partial charge on any atom is 0.299 e. The van der Waals surface area contributed by atoms with Gasteiger partial charge >= 0.3 is 0 Å². The standard InChI is InChI=1S/C10H16N2O4S/c1-15-8-7-11-17(13,14)12-16-9-10-5-3-2-4-6-10/h2-6,11-12H,7-9H2,1H3. The lowest BCUT2D eigenvalue weighted by Gasteiger charge is -2.08. The van der Waals surface area contributed by atoms with Crippen molar-refractivity contribution in [2.24, 2.45) is 0 Å². The van der Waals surface area contributed by atoms with Crippen LogP contribution in [-0.2, 0) is 26.4 Å². The number of ether oxygens (including phenoxy) is 1. The summed E-state index contributed by atoms with van der Waals surface area (Å²) >= 11 is 0. The molecular weight excluding hydrogens is 244 g/mol. The molecule has 0 aliphatic rings. The van der Waals surface area contributed by atoms with Crippen molar-refractivity contribution >= 4 is 10.2 Å². The van der Waals surface area contributed by atoms with Crippen LogP contribution in [0, 0.1) is 0 Å². The van der Waals surface area contributed by atoms with E-state index in [1.54, 1.807) is 0 Å². The molecule has 0 unspecified atom stereocenters. The molecule has 0 amide bonds. The third-order valence-corrected chi connectivity index (χ3v) is 2.77. The first-order valence-corrected chi connectivity index (χ1v) is 6.53. The lowest BCUT2D eigenvalue weighted by atomic mass is 10.2. The van der Waals surface area contributed by atoms with E-state index in [1.807, 2.05) is 35.2 Å². The summed E-state index contributed by atoms with van der Waals surface area (Å²) in [5.74, 6) is 0. The minimum atomic E-state index is -3.63. The van der Waals surface area contributed by atoms with Gasteiger partial charge in [-0.25, -0.2) is 0 Å². The summed E-state index contributed by atoms with van der Waals surface area (Å²) in [5, 5.41) is 0. The van der Waals surface area contributed by atoms with Crippen LogP contribution in [0.3, 0.4) is 0 Å². The molecule has 6 nitrogen and oxygen atoms in total. The highest BCUT2D eigenvalue weighted by Crippen LogP contribution is 1.99.